The molecule has 1 atom stereocenters. The molecule has 8 nitrogen and oxygen atoms in total. The highest BCUT2D eigenvalue weighted by Crippen LogP contribution is 2.30. The minimum absolute atomic E-state index is 0.0101. The van der Waals surface area contributed by atoms with E-state index < -0.39 is 0 Å². The number of hydrogen-bond donors (Lipinski definition) is 1. The summed E-state index contributed by atoms with van der Waals surface area (Å²) in [5.74, 6) is 0.149. The number of likely N-dealkylation sites (tertiary alicyclic amines) is 1. The van der Waals surface area contributed by atoms with Crippen LogP contribution in [0.3, 0.4) is 0 Å². The van der Waals surface area contributed by atoms with Crippen LogP contribution in [0, 0.1) is 6.92 Å². The highest BCUT2D eigenvalue weighted by atomic mass is 16.3. The molecule has 3 aromatic rings. The molecule has 2 aromatic heterocycles. The van der Waals surface area contributed by atoms with Crippen LogP contribution in [0.25, 0.3) is 0 Å². The van der Waals surface area contributed by atoms with Crippen molar-refractivity contribution in [3.63, 3.8) is 0 Å². The summed E-state index contributed by atoms with van der Waals surface area (Å²) in [5, 5.41) is 7.18. The quantitative estimate of drug-likeness (QED) is 0.723. The zero-order valence-corrected chi connectivity index (χ0v) is 16.8. The maximum atomic E-state index is 13.3. The average Bonchev–Trinajstić information content (AvgIpc) is 3.52. The normalized spacial score (nSPS) is 18.5. The summed E-state index contributed by atoms with van der Waals surface area (Å²) in [6.07, 6.45) is 4.53. The Bertz CT molecular complexity index is 1100. The van der Waals surface area contributed by atoms with Gasteiger partial charge in [0, 0.05) is 32.1 Å². The van der Waals surface area contributed by atoms with E-state index in [0.717, 1.165) is 18.5 Å². The van der Waals surface area contributed by atoms with Crippen LogP contribution < -0.4 is 0 Å². The summed E-state index contributed by atoms with van der Waals surface area (Å²) in [6, 6.07) is 8.26. The van der Waals surface area contributed by atoms with Crippen molar-refractivity contribution in [2.24, 2.45) is 0 Å². The highest BCUT2D eigenvalue weighted by Gasteiger charge is 2.34. The first-order chi connectivity index (χ1) is 14.6. The standard InChI is InChI=1S/C22H23N5O3/c1-14-20(30-13-23-14)22(29)27-9-7-17(12-27)19-18(10-24-25-19)21(28)26-8-6-15-4-2-3-5-16(15)11-26/h2-5,10,13,17H,6-9,11-12H2,1H3,(H,24,25)/t17-/m1/s1. The molecule has 1 N–H and O–H groups in total. The predicted octanol–water partition coefficient (Wildman–Crippen LogP) is 2.53. The number of aryl methyl sites for hydroxylation is 1. The number of H-pyrrole nitrogens is 1. The minimum Gasteiger partial charge on any atom is -0.438 e. The van der Waals surface area contributed by atoms with Crippen molar-refractivity contribution < 1.29 is 14.0 Å². The van der Waals surface area contributed by atoms with Crippen molar-refractivity contribution in [1.82, 2.24) is 25.0 Å². The first kappa shape index (κ1) is 18.6. The molecule has 0 radical (unpaired) electrons. The second kappa shape index (κ2) is 7.44. The fourth-order valence-corrected chi connectivity index (χ4v) is 4.45. The summed E-state index contributed by atoms with van der Waals surface area (Å²) in [5.41, 5.74) is 4.50. The molecule has 154 valence electrons. The van der Waals surface area contributed by atoms with Crippen molar-refractivity contribution in [2.75, 3.05) is 19.6 Å². The van der Waals surface area contributed by atoms with Crippen LogP contribution in [0.2, 0.25) is 0 Å². The zero-order chi connectivity index (χ0) is 20.7. The van der Waals surface area contributed by atoms with Crippen molar-refractivity contribution in [2.45, 2.75) is 32.2 Å². The van der Waals surface area contributed by atoms with Gasteiger partial charge >= 0.3 is 0 Å². The Hall–Kier alpha value is -3.42. The number of amides is 2. The van der Waals surface area contributed by atoms with Gasteiger partial charge in [-0.05, 0) is 30.9 Å². The van der Waals surface area contributed by atoms with Crippen LogP contribution in [0.15, 0.2) is 41.3 Å². The lowest BCUT2D eigenvalue weighted by Crippen LogP contribution is -2.36. The second-order valence-electron chi connectivity index (χ2n) is 7.95. The van der Waals surface area contributed by atoms with Crippen molar-refractivity contribution in [3.8, 4) is 0 Å². The molecule has 1 fully saturated rings. The molecule has 2 aliphatic heterocycles. The number of carbonyl (C=O) groups excluding carboxylic acids is 2. The lowest BCUT2D eigenvalue weighted by atomic mass is 9.97. The number of nitrogens with one attached hydrogen (secondary N) is 1. The van der Waals surface area contributed by atoms with Crippen LogP contribution in [0.4, 0.5) is 0 Å². The SMILES string of the molecule is Cc1ncoc1C(=O)N1CC[C@@H](c2[nH]ncc2C(=O)N2CCc3ccccc3C2)C1. The fourth-order valence-electron chi connectivity index (χ4n) is 4.45. The van der Waals surface area contributed by atoms with E-state index >= 15 is 0 Å². The van der Waals surface area contributed by atoms with E-state index in [-0.39, 0.29) is 23.5 Å². The third-order valence-corrected chi connectivity index (χ3v) is 6.14. The largest absolute Gasteiger partial charge is 0.438 e. The van der Waals surface area contributed by atoms with E-state index in [2.05, 4.69) is 27.3 Å². The van der Waals surface area contributed by atoms with Gasteiger partial charge in [0.15, 0.2) is 6.39 Å². The molecule has 30 heavy (non-hydrogen) atoms. The van der Waals surface area contributed by atoms with E-state index in [4.69, 9.17) is 4.42 Å². The number of aromatic nitrogens is 3. The number of hydrogen-bond acceptors (Lipinski definition) is 5. The lowest BCUT2D eigenvalue weighted by molar-refractivity contribution is 0.0733. The Balaban J connectivity index is 1.31. The van der Waals surface area contributed by atoms with Gasteiger partial charge in [0.05, 0.1) is 23.1 Å². The first-order valence-corrected chi connectivity index (χ1v) is 10.2. The van der Waals surface area contributed by atoms with Gasteiger partial charge < -0.3 is 14.2 Å². The number of nitrogens with zero attached hydrogens (tertiary/aromatic N) is 4. The highest BCUT2D eigenvalue weighted by molar-refractivity contribution is 5.96. The summed E-state index contributed by atoms with van der Waals surface area (Å²) in [4.78, 5) is 33.6. The van der Waals surface area contributed by atoms with Gasteiger partial charge in [-0.2, -0.15) is 5.10 Å². The van der Waals surface area contributed by atoms with Gasteiger partial charge in [0.2, 0.25) is 5.76 Å². The molecule has 0 aliphatic carbocycles. The maximum Gasteiger partial charge on any atom is 0.291 e. The van der Waals surface area contributed by atoms with Crippen molar-refractivity contribution >= 4 is 11.8 Å². The minimum atomic E-state index is -0.160. The van der Waals surface area contributed by atoms with Gasteiger partial charge in [-0.25, -0.2) is 4.98 Å². The Morgan fingerprint density at radius 2 is 1.97 bits per heavy atom. The van der Waals surface area contributed by atoms with Gasteiger partial charge in [-0.15, -0.1) is 0 Å². The summed E-state index contributed by atoms with van der Waals surface area (Å²) < 4.78 is 5.25. The molecule has 5 rings (SSSR count). The number of aromatic amines is 1. The second-order valence-corrected chi connectivity index (χ2v) is 7.95. The topological polar surface area (TPSA) is 95.3 Å². The van der Waals surface area contributed by atoms with Gasteiger partial charge in [-0.3, -0.25) is 14.7 Å². The molecule has 1 saturated heterocycles. The fraction of sp³-hybridized carbons (Fsp3) is 0.364. The molecule has 0 spiro atoms. The number of benzene rings is 1. The third kappa shape index (κ3) is 3.18. The molecule has 2 amide bonds. The molecule has 1 aromatic carbocycles. The first-order valence-electron chi connectivity index (χ1n) is 10.2. The van der Waals surface area contributed by atoms with Crippen molar-refractivity contribution in [1.29, 1.82) is 0 Å². The zero-order valence-electron chi connectivity index (χ0n) is 16.8. The average molecular weight is 405 g/mol. The Labute approximate surface area is 173 Å². The van der Waals surface area contributed by atoms with E-state index in [9.17, 15) is 9.59 Å². The Morgan fingerprint density at radius 1 is 1.13 bits per heavy atom. The van der Waals surface area contributed by atoms with Crippen LogP contribution >= 0.6 is 0 Å². The Morgan fingerprint density at radius 3 is 2.77 bits per heavy atom. The predicted molar refractivity (Wildman–Crippen MR) is 108 cm³/mol. The summed E-state index contributed by atoms with van der Waals surface area (Å²) in [6.45, 7) is 4.19. The lowest BCUT2D eigenvalue weighted by Gasteiger charge is -2.29. The van der Waals surface area contributed by atoms with Gasteiger partial charge in [0.25, 0.3) is 11.8 Å². The molecule has 4 heterocycles. The van der Waals surface area contributed by atoms with E-state index in [0.29, 0.717) is 37.4 Å². The smallest absolute Gasteiger partial charge is 0.291 e. The van der Waals surface area contributed by atoms with Gasteiger partial charge in [0.1, 0.15) is 0 Å². The van der Waals surface area contributed by atoms with Crippen LogP contribution in [-0.4, -0.2) is 56.4 Å². The van der Waals surface area contributed by atoms with Crippen LogP contribution in [-0.2, 0) is 13.0 Å². The molecule has 0 bridgehead atoms. The van der Waals surface area contributed by atoms with E-state index in [1.807, 2.05) is 17.0 Å². The monoisotopic (exact) mass is 405 g/mol. The summed E-state index contributed by atoms with van der Waals surface area (Å²) >= 11 is 0. The van der Waals surface area contributed by atoms with Crippen LogP contribution in [0.5, 0.6) is 0 Å². The number of fused-ring (bicyclic) bond motifs is 1. The van der Waals surface area contributed by atoms with Crippen LogP contribution in [0.1, 0.15) is 55.8 Å². The number of rotatable bonds is 3. The molecule has 0 saturated carbocycles. The molecule has 8 heteroatoms. The van der Waals surface area contributed by atoms with Crippen molar-refractivity contribution in [3.05, 3.63) is 70.7 Å². The van der Waals surface area contributed by atoms with E-state index in [1.165, 1.54) is 17.5 Å². The number of carbonyl (C=O) groups is 2. The van der Waals surface area contributed by atoms with E-state index in [1.54, 1.807) is 18.0 Å². The van der Waals surface area contributed by atoms with Gasteiger partial charge in [-0.1, -0.05) is 24.3 Å². The Kier molecular flexibility index (Phi) is 4.61. The molecular formula is C22H23N5O3. The molecule has 2 aliphatic rings. The maximum absolute atomic E-state index is 13.3. The number of oxazole rings is 1. The molecule has 0 unspecified atom stereocenters. The molecular weight excluding hydrogens is 382 g/mol. The summed E-state index contributed by atoms with van der Waals surface area (Å²) in [7, 11) is 0. The third-order valence-electron chi connectivity index (χ3n) is 6.14.